The molecule has 6 nitrogen and oxygen atoms in total. The van der Waals surface area contributed by atoms with Crippen molar-refractivity contribution in [1.82, 2.24) is 9.97 Å². The van der Waals surface area contributed by atoms with Gasteiger partial charge >= 0.3 is 0 Å². The highest BCUT2D eigenvalue weighted by atomic mass is 35.5. The molecule has 0 radical (unpaired) electrons. The largest absolute Gasteiger partial charge is 0.368 e. The fraction of sp³-hybridized carbons (Fsp3) is 0.500. The van der Waals surface area contributed by atoms with E-state index in [2.05, 4.69) is 15.3 Å². The van der Waals surface area contributed by atoms with Crippen LogP contribution in [0.3, 0.4) is 0 Å². The number of halogens is 1. The number of aromatic nitrogens is 2. The fourth-order valence-corrected chi connectivity index (χ4v) is 2.44. The number of anilines is 2. The summed E-state index contributed by atoms with van der Waals surface area (Å²) in [7, 11) is -3.03. The van der Waals surface area contributed by atoms with Crippen LogP contribution < -0.4 is 11.1 Å². The molecule has 0 spiro atoms. The van der Waals surface area contributed by atoms with Gasteiger partial charge in [0, 0.05) is 18.4 Å². The Kier molecular flexibility index (Phi) is 3.93. The first-order valence-corrected chi connectivity index (χ1v) is 6.94. The molecule has 3 N–H and O–H groups in total. The van der Waals surface area contributed by atoms with Crippen LogP contribution in [-0.2, 0) is 9.84 Å². The summed E-state index contributed by atoms with van der Waals surface area (Å²) in [6.45, 7) is 1.73. The molecule has 0 aromatic carbocycles. The van der Waals surface area contributed by atoms with Crippen LogP contribution in [0.25, 0.3) is 0 Å². The number of nitrogens with zero attached hydrogens (tertiary/aromatic N) is 2. The second kappa shape index (κ2) is 4.84. The zero-order valence-electron chi connectivity index (χ0n) is 8.94. The Hall–Kier alpha value is -1.08. The van der Waals surface area contributed by atoms with Crippen molar-refractivity contribution < 1.29 is 8.42 Å². The highest BCUT2D eigenvalue weighted by Crippen LogP contribution is 2.13. The zero-order chi connectivity index (χ0) is 12.3. The van der Waals surface area contributed by atoms with Crippen LogP contribution in [0.2, 0.25) is 5.15 Å². The molecule has 1 heterocycles. The Balaban J connectivity index is 2.73. The molecule has 0 saturated heterocycles. The van der Waals surface area contributed by atoms with E-state index in [1.807, 2.05) is 0 Å². The number of sulfone groups is 1. The predicted molar refractivity (Wildman–Crippen MR) is 64.2 cm³/mol. The van der Waals surface area contributed by atoms with Gasteiger partial charge in [0.05, 0.1) is 5.75 Å². The molecule has 1 atom stereocenters. The van der Waals surface area contributed by atoms with Gasteiger partial charge in [0.1, 0.15) is 20.8 Å². The summed E-state index contributed by atoms with van der Waals surface area (Å²) >= 11 is 5.68. The summed E-state index contributed by atoms with van der Waals surface area (Å²) in [6, 6.07) is 1.21. The summed E-state index contributed by atoms with van der Waals surface area (Å²) in [5.74, 6) is 0.462. The van der Waals surface area contributed by atoms with E-state index in [0.717, 1.165) is 0 Å². The van der Waals surface area contributed by atoms with Crippen molar-refractivity contribution in [2.45, 2.75) is 13.0 Å². The van der Waals surface area contributed by atoms with E-state index in [0.29, 0.717) is 5.82 Å². The first-order chi connectivity index (χ1) is 7.26. The third-order valence-electron chi connectivity index (χ3n) is 1.66. The number of hydrogen-bond acceptors (Lipinski definition) is 6. The molecular formula is C8H13ClN4O2S. The van der Waals surface area contributed by atoms with Gasteiger partial charge in [-0.2, -0.15) is 4.98 Å². The molecule has 1 unspecified atom stereocenters. The van der Waals surface area contributed by atoms with Crippen molar-refractivity contribution in [3.63, 3.8) is 0 Å². The third-order valence-corrected chi connectivity index (χ3v) is 2.96. The predicted octanol–water partition coefficient (Wildman–Crippen LogP) is 0.557. The summed E-state index contributed by atoms with van der Waals surface area (Å²) in [6.07, 6.45) is 1.17. The SMILES string of the molecule is CC(CS(C)(=O)=O)Nc1cc(Cl)nc(N)n1. The maximum absolute atomic E-state index is 11.0. The Bertz CT molecular complexity index is 457. The summed E-state index contributed by atoms with van der Waals surface area (Å²) in [5, 5.41) is 3.10. The molecule has 90 valence electrons. The molecule has 0 bridgehead atoms. The van der Waals surface area contributed by atoms with Crippen molar-refractivity contribution in [1.29, 1.82) is 0 Å². The molecule has 0 fully saturated rings. The molecule has 0 aliphatic rings. The monoisotopic (exact) mass is 264 g/mol. The number of rotatable bonds is 4. The Morgan fingerprint density at radius 1 is 1.56 bits per heavy atom. The normalized spacial score (nSPS) is 13.4. The first kappa shape index (κ1) is 13.0. The topological polar surface area (TPSA) is 98.0 Å². The van der Waals surface area contributed by atoms with Crippen LogP contribution in [0.15, 0.2) is 6.07 Å². The van der Waals surface area contributed by atoms with Gasteiger partial charge in [0.2, 0.25) is 5.95 Å². The quantitative estimate of drug-likeness (QED) is 0.771. The molecule has 1 aromatic heterocycles. The smallest absolute Gasteiger partial charge is 0.223 e. The highest BCUT2D eigenvalue weighted by molar-refractivity contribution is 7.90. The van der Waals surface area contributed by atoms with E-state index in [1.54, 1.807) is 6.92 Å². The average molecular weight is 265 g/mol. The summed E-state index contributed by atoms with van der Waals surface area (Å²) in [5.41, 5.74) is 5.40. The van der Waals surface area contributed by atoms with Gasteiger partial charge in [-0.1, -0.05) is 11.6 Å². The first-order valence-electron chi connectivity index (χ1n) is 4.50. The Morgan fingerprint density at radius 3 is 2.69 bits per heavy atom. The second-order valence-corrected chi connectivity index (χ2v) is 6.14. The van der Waals surface area contributed by atoms with Gasteiger partial charge in [0.25, 0.3) is 0 Å². The third kappa shape index (κ3) is 4.63. The average Bonchev–Trinajstić information content (AvgIpc) is 1.96. The van der Waals surface area contributed by atoms with Gasteiger partial charge < -0.3 is 11.1 Å². The van der Waals surface area contributed by atoms with Crippen LogP contribution in [0, 0.1) is 0 Å². The van der Waals surface area contributed by atoms with Crippen molar-refractivity contribution in [3.8, 4) is 0 Å². The van der Waals surface area contributed by atoms with Crippen LogP contribution >= 0.6 is 11.6 Å². The molecule has 1 rings (SSSR count). The van der Waals surface area contributed by atoms with Crippen molar-refractivity contribution in [3.05, 3.63) is 11.2 Å². The molecule has 8 heteroatoms. The molecule has 1 aromatic rings. The van der Waals surface area contributed by atoms with Gasteiger partial charge in [-0.25, -0.2) is 13.4 Å². The molecule has 0 aliphatic heterocycles. The summed E-state index contributed by atoms with van der Waals surface area (Å²) < 4.78 is 22.1. The molecular weight excluding hydrogens is 252 g/mol. The van der Waals surface area contributed by atoms with E-state index < -0.39 is 9.84 Å². The van der Waals surface area contributed by atoms with Gasteiger partial charge in [-0.05, 0) is 6.92 Å². The minimum atomic E-state index is -3.03. The molecule has 0 amide bonds. The maximum atomic E-state index is 11.0. The van der Waals surface area contributed by atoms with E-state index in [-0.39, 0.29) is 22.9 Å². The number of nitrogens with one attached hydrogen (secondary N) is 1. The number of nitrogens with two attached hydrogens (primary N) is 1. The lowest BCUT2D eigenvalue weighted by Crippen LogP contribution is -2.25. The van der Waals surface area contributed by atoms with Crippen LogP contribution in [-0.4, -0.2) is 36.4 Å². The lowest BCUT2D eigenvalue weighted by atomic mass is 10.4. The van der Waals surface area contributed by atoms with E-state index in [1.165, 1.54) is 12.3 Å². The van der Waals surface area contributed by atoms with Gasteiger partial charge in [-0.3, -0.25) is 0 Å². The number of hydrogen-bond donors (Lipinski definition) is 2. The lowest BCUT2D eigenvalue weighted by Gasteiger charge is -2.13. The van der Waals surface area contributed by atoms with Crippen molar-refractivity contribution >= 4 is 33.2 Å². The molecule has 0 aliphatic carbocycles. The van der Waals surface area contributed by atoms with E-state index in [4.69, 9.17) is 17.3 Å². The van der Waals surface area contributed by atoms with Crippen LogP contribution in [0.1, 0.15) is 6.92 Å². The standard InChI is InChI=1S/C8H13ClN4O2S/c1-5(4-16(2,14)15)11-7-3-6(9)12-8(10)13-7/h3,5H,4H2,1-2H3,(H3,10,11,12,13). The Labute approximate surface area is 99.1 Å². The summed E-state index contributed by atoms with van der Waals surface area (Å²) in [4.78, 5) is 7.57. The van der Waals surface area contributed by atoms with Crippen molar-refractivity contribution in [2.75, 3.05) is 23.1 Å². The number of nitrogen functional groups attached to an aromatic ring is 1. The van der Waals surface area contributed by atoms with Crippen molar-refractivity contribution in [2.24, 2.45) is 0 Å². The second-order valence-electron chi connectivity index (χ2n) is 3.57. The minimum absolute atomic E-state index is 0.00846. The molecule has 16 heavy (non-hydrogen) atoms. The van der Waals surface area contributed by atoms with Crippen LogP contribution in [0.4, 0.5) is 11.8 Å². The fourth-order valence-electron chi connectivity index (χ4n) is 1.26. The highest BCUT2D eigenvalue weighted by Gasteiger charge is 2.11. The van der Waals surface area contributed by atoms with E-state index in [9.17, 15) is 8.42 Å². The Morgan fingerprint density at radius 2 is 2.19 bits per heavy atom. The molecule has 0 saturated carbocycles. The van der Waals surface area contributed by atoms with Gasteiger partial charge in [0.15, 0.2) is 0 Å². The lowest BCUT2D eigenvalue weighted by molar-refractivity contribution is 0.598. The minimum Gasteiger partial charge on any atom is -0.368 e. The van der Waals surface area contributed by atoms with E-state index >= 15 is 0 Å². The van der Waals surface area contributed by atoms with Crippen LogP contribution in [0.5, 0.6) is 0 Å². The van der Waals surface area contributed by atoms with Gasteiger partial charge in [-0.15, -0.1) is 0 Å². The zero-order valence-corrected chi connectivity index (χ0v) is 10.5. The maximum Gasteiger partial charge on any atom is 0.223 e.